The van der Waals surface area contributed by atoms with E-state index >= 15 is 0 Å². The maximum atomic E-state index is 13.1. The van der Waals surface area contributed by atoms with Gasteiger partial charge in [0.25, 0.3) is 14.3 Å². The second kappa shape index (κ2) is 10.0. The Morgan fingerprint density at radius 1 is 1.07 bits per heavy atom. The Balaban J connectivity index is 3.16. The number of carbonyl (C=O) groups excluding carboxylic acids is 2. The lowest BCUT2D eigenvalue weighted by molar-refractivity contribution is -0.568. The molecule has 0 N–H and O–H groups in total. The minimum absolute atomic E-state index is 0.198. The molecule has 0 radical (unpaired) electrons. The van der Waals surface area contributed by atoms with Crippen LogP contribution in [0.25, 0.3) is 0 Å². The van der Waals surface area contributed by atoms with Gasteiger partial charge in [0.1, 0.15) is 5.92 Å². The summed E-state index contributed by atoms with van der Waals surface area (Å²) in [5, 5.41) is 11.7. The van der Waals surface area contributed by atoms with E-state index in [1.54, 1.807) is 4.90 Å². The fraction of sp³-hybridized carbons (Fsp3) is 0.900. The van der Waals surface area contributed by atoms with Crippen LogP contribution >= 0.6 is 0 Å². The van der Waals surface area contributed by atoms with Crippen molar-refractivity contribution < 1.29 is 23.7 Å². The van der Waals surface area contributed by atoms with Crippen LogP contribution in [0.15, 0.2) is 0 Å². The van der Waals surface area contributed by atoms with Crippen molar-refractivity contribution in [2.75, 3.05) is 26.3 Å². The summed E-state index contributed by atoms with van der Waals surface area (Å²) >= 11 is 0. The van der Waals surface area contributed by atoms with Crippen LogP contribution in [-0.4, -0.2) is 61.9 Å². The van der Waals surface area contributed by atoms with Gasteiger partial charge in [0.05, 0.1) is 19.6 Å². The van der Waals surface area contributed by atoms with Gasteiger partial charge in [0, 0.05) is 31.9 Å². The molecule has 9 heteroatoms. The van der Waals surface area contributed by atoms with Gasteiger partial charge in [-0.3, -0.25) is 19.7 Å². The Bertz CT molecular complexity index is 578. The van der Waals surface area contributed by atoms with Crippen molar-refractivity contribution in [3.05, 3.63) is 10.1 Å². The lowest BCUT2D eigenvalue weighted by Gasteiger charge is -2.42. The van der Waals surface area contributed by atoms with Crippen LogP contribution in [0.1, 0.15) is 61.8 Å². The molecule has 1 saturated heterocycles. The van der Waals surface area contributed by atoms with Crippen molar-refractivity contribution in [2.45, 2.75) is 84.0 Å². The SMILES string of the molecule is CC(C)[Si](OC(=O)C[C@H](C(=O)N1CCOCC1)C(C)(C)[N+](=O)[O-])(C(C)C)C(C)C. The molecule has 0 aliphatic carbocycles. The van der Waals surface area contributed by atoms with E-state index in [0.29, 0.717) is 26.3 Å². The van der Waals surface area contributed by atoms with Gasteiger partial charge in [0.2, 0.25) is 11.4 Å². The largest absolute Gasteiger partial charge is 0.518 e. The van der Waals surface area contributed by atoms with E-state index in [2.05, 4.69) is 41.5 Å². The third-order valence-corrected chi connectivity index (χ3v) is 12.3. The summed E-state index contributed by atoms with van der Waals surface area (Å²) < 4.78 is 11.4. The van der Waals surface area contributed by atoms with Gasteiger partial charge in [-0.25, -0.2) is 0 Å². The molecule has 1 heterocycles. The molecule has 0 bridgehead atoms. The lowest BCUT2D eigenvalue weighted by atomic mass is 9.84. The van der Waals surface area contributed by atoms with Crippen LogP contribution in [0.4, 0.5) is 0 Å². The van der Waals surface area contributed by atoms with E-state index in [9.17, 15) is 19.7 Å². The summed E-state index contributed by atoms with van der Waals surface area (Å²) in [6.45, 7) is 16.7. The molecule has 1 atom stereocenters. The Kier molecular flexibility index (Phi) is 8.83. The number of rotatable bonds is 9. The van der Waals surface area contributed by atoms with E-state index in [1.807, 2.05) is 0 Å². The molecule has 0 aromatic rings. The van der Waals surface area contributed by atoms with Crippen LogP contribution in [0.3, 0.4) is 0 Å². The van der Waals surface area contributed by atoms with Crippen LogP contribution in [0.2, 0.25) is 16.6 Å². The Labute approximate surface area is 175 Å². The van der Waals surface area contributed by atoms with Crippen molar-refractivity contribution in [1.82, 2.24) is 4.90 Å². The van der Waals surface area contributed by atoms with Crippen molar-refractivity contribution in [3.63, 3.8) is 0 Å². The van der Waals surface area contributed by atoms with Crippen molar-refractivity contribution in [3.8, 4) is 0 Å². The highest BCUT2D eigenvalue weighted by molar-refractivity contribution is 6.78. The van der Waals surface area contributed by atoms with Gasteiger partial charge >= 0.3 is 0 Å². The average molecular weight is 431 g/mol. The van der Waals surface area contributed by atoms with Crippen LogP contribution in [-0.2, 0) is 18.8 Å². The van der Waals surface area contributed by atoms with Crippen molar-refractivity contribution >= 4 is 20.2 Å². The normalized spacial score (nSPS) is 17.0. The second-order valence-electron chi connectivity index (χ2n) is 9.40. The number of hydrogen-bond donors (Lipinski definition) is 0. The minimum Gasteiger partial charge on any atom is -0.518 e. The molecule has 168 valence electrons. The zero-order chi connectivity index (χ0) is 22.6. The first-order chi connectivity index (χ1) is 13.3. The summed E-state index contributed by atoms with van der Waals surface area (Å²) in [6, 6.07) is 0. The molecule has 8 nitrogen and oxygen atoms in total. The highest BCUT2D eigenvalue weighted by atomic mass is 28.4. The molecule has 1 fully saturated rings. The molecular formula is C20H38N2O6Si. The van der Waals surface area contributed by atoms with E-state index < -0.39 is 30.7 Å². The van der Waals surface area contributed by atoms with Gasteiger partial charge in [-0.05, 0) is 16.6 Å². The number of hydrogen-bond acceptors (Lipinski definition) is 6. The van der Waals surface area contributed by atoms with Gasteiger partial charge in [-0.2, -0.15) is 0 Å². The molecule has 0 saturated carbocycles. The zero-order valence-electron chi connectivity index (χ0n) is 19.2. The first-order valence-electron chi connectivity index (χ1n) is 10.5. The summed E-state index contributed by atoms with van der Waals surface area (Å²) in [6.07, 6.45) is -0.287. The third-order valence-electron chi connectivity index (χ3n) is 6.31. The number of nitrogens with zero attached hydrogens (tertiary/aromatic N) is 2. The first kappa shape index (κ1) is 25.6. The summed E-state index contributed by atoms with van der Waals surface area (Å²) in [7, 11) is -2.48. The second-order valence-corrected chi connectivity index (χ2v) is 14.8. The molecule has 0 aromatic heterocycles. The lowest BCUT2D eigenvalue weighted by Crippen LogP contribution is -2.54. The van der Waals surface area contributed by atoms with Gasteiger partial charge in [0.15, 0.2) is 0 Å². The summed E-state index contributed by atoms with van der Waals surface area (Å²) in [5.74, 6) is -1.96. The van der Waals surface area contributed by atoms with E-state index in [-0.39, 0.29) is 29.0 Å². The summed E-state index contributed by atoms with van der Waals surface area (Å²) in [4.78, 5) is 39.0. The Morgan fingerprint density at radius 2 is 1.52 bits per heavy atom. The predicted octanol–water partition coefficient (Wildman–Crippen LogP) is 3.63. The number of amides is 1. The topological polar surface area (TPSA) is 99.0 Å². The number of morpholine rings is 1. The molecule has 0 aromatic carbocycles. The van der Waals surface area contributed by atoms with E-state index in [0.717, 1.165) is 0 Å². The first-order valence-corrected chi connectivity index (χ1v) is 12.6. The van der Waals surface area contributed by atoms with Crippen LogP contribution < -0.4 is 0 Å². The zero-order valence-corrected chi connectivity index (χ0v) is 20.2. The molecule has 0 spiro atoms. The van der Waals surface area contributed by atoms with Crippen molar-refractivity contribution in [2.24, 2.45) is 5.92 Å². The molecule has 1 amide bonds. The Morgan fingerprint density at radius 3 is 1.90 bits per heavy atom. The smallest absolute Gasteiger partial charge is 0.293 e. The van der Waals surface area contributed by atoms with Crippen molar-refractivity contribution in [1.29, 1.82) is 0 Å². The molecule has 29 heavy (non-hydrogen) atoms. The maximum absolute atomic E-state index is 13.1. The average Bonchev–Trinajstić information content (AvgIpc) is 2.63. The molecule has 0 unspecified atom stereocenters. The minimum atomic E-state index is -2.48. The Hall–Kier alpha value is -1.48. The molecular weight excluding hydrogens is 392 g/mol. The molecule has 1 rings (SSSR count). The fourth-order valence-corrected chi connectivity index (χ4v) is 9.71. The van der Waals surface area contributed by atoms with Crippen LogP contribution in [0.5, 0.6) is 0 Å². The maximum Gasteiger partial charge on any atom is 0.293 e. The van der Waals surface area contributed by atoms with Crippen LogP contribution in [0, 0.1) is 16.0 Å². The van der Waals surface area contributed by atoms with Gasteiger partial charge in [-0.15, -0.1) is 0 Å². The monoisotopic (exact) mass is 430 g/mol. The van der Waals surface area contributed by atoms with Gasteiger partial charge in [-0.1, -0.05) is 41.5 Å². The number of carbonyl (C=O) groups is 2. The molecule has 1 aliphatic rings. The predicted molar refractivity (Wildman–Crippen MR) is 114 cm³/mol. The molecule has 1 aliphatic heterocycles. The van der Waals surface area contributed by atoms with E-state index in [4.69, 9.17) is 9.16 Å². The number of ether oxygens (including phenoxy) is 1. The van der Waals surface area contributed by atoms with Gasteiger partial charge < -0.3 is 14.1 Å². The highest BCUT2D eigenvalue weighted by Gasteiger charge is 2.51. The third kappa shape index (κ3) is 5.57. The standard InChI is InChI=1S/C20H38N2O6Si/c1-14(2)29(15(3)4,16(5)6)28-18(23)13-17(20(7,8)22(25)26)19(24)21-9-11-27-12-10-21/h14-17H,9-13H2,1-8H3/t17-/m1/s1. The summed E-state index contributed by atoms with van der Waals surface area (Å²) in [5.41, 5.74) is -0.985. The fourth-order valence-electron chi connectivity index (χ4n) is 4.53. The number of nitro groups is 1. The highest BCUT2D eigenvalue weighted by Crippen LogP contribution is 2.43. The van der Waals surface area contributed by atoms with E-state index in [1.165, 1.54) is 13.8 Å². The quantitative estimate of drug-likeness (QED) is 0.315.